The molecular weight excluding hydrogens is 438 g/mol. The molecule has 2 N–H and O–H groups in total. The summed E-state index contributed by atoms with van der Waals surface area (Å²) in [4.78, 5) is 28.9. The zero-order valence-corrected chi connectivity index (χ0v) is 18.6. The minimum Gasteiger partial charge on any atom is -0.496 e. The number of amides is 2. The summed E-state index contributed by atoms with van der Waals surface area (Å²) in [6.07, 6.45) is 0.881. The summed E-state index contributed by atoms with van der Waals surface area (Å²) in [5.41, 5.74) is 1.61. The van der Waals surface area contributed by atoms with Crippen molar-refractivity contribution in [3.63, 3.8) is 0 Å². The molecule has 2 rings (SSSR count). The Balaban J connectivity index is 2.18. The van der Waals surface area contributed by atoms with E-state index in [0.29, 0.717) is 28.4 Å². The van der Waals surface area contributed by atoms with Crippen molar-refractivity contribution >= 4 is 44.9 Å². The molecule has 0 fully saturated rings. The zero-order valence-electron chi connectivity index (χ0n) is 17.1. The third-order valence-corrected chi connectivity index (χ3v) is 4.24. The van der Waals surface area contributed by atoms with Gasteiger partial charge in [-0.15, -0.1) is 0 Å². The Kier molecular flexibility index (Phi) is 7.02. The minimum absolute atomic E-state index is 0.235. The van der Waals surface area contributed by atoms with Gasteiger partial charge >= 0.3 is 6.09 Å². The third-order valence-electron chi connectivity index (χ3n) is 3.74. The van der Waals surface area contributed by atoms with E-state index in [0.717, 1.165) is 4.47 Å². The summed E-state index contributed by atoms with van der Waals surface area (Å²) >= 11 is 3.37. The average Bonchev–Trinajstić information content (AvgIpc) is 2.62. The monoisotopic (exact) mass is 461 g/mol. The maximum absolute atomic E-state index is 12.7. The minimum atomic E-state index is -0.624. The quantitative estimate of drug-likeness (QED) is 0.600. The van der Waals surface area contributed by atoms with Crippen LogP contribution in [0.2, 0.25) is 0 Å². The molecule has 1 aromatic carbocycles. The van der Waals surface area contributed by atoms with Crippen LogP contribution >= 0.6 is 15.9 Å². The van der Waals surface area contributed by atoms with Gasteiger partial charge in [-0.05, 0) is 52.0 Å². The number of ether oxygens (including phenoxy) is 2. The SMILES string of the molecule is C=C(C(=O)Nc1cc(NC(=O)OC(C)(C)C)cnc1C)c1ccc(Br)cc1OC. The molecule has 0 radical (unpaired) electrons. The molecule has 29 heavy (non-hydrogen) atoms. The summed E-state index contributed by atoms with van der Waals surface area (Å²) in [5, 5.41) is 5.38. The maximum atomic E-state index is 12.7. The molecule has 2 aromatic rings. The number of aryl methyl sites for hydroxylation is 1. The number of carbonyl (C=O) groups excluding carboxylic acids is 2. The Hall–Kier alpha value is -2.87. The number of methoxy groups -OCH3 is 1. The smallest absolute Gasteiger partial charge is 0.412 e. The zero-order chi connectivity index (χ0) is 21.8. The molecular formula is C21H24BrN3O4. The van der Waals surface area contributed by atoms with Crippen molar-refractivity contribution in [1.29, 1.82) is 0 Å². The summed E-state index contributed by atoms with van der Waals surface area (Å²) in [5.74, 6) is 0.111. The van der Waals surface area contributed by atoms with E-state index in [9.17, 15) is 9.59 Å². The van der Waals surface area contributed by atoms with Gasteiger partial charge in [0.05, 0.1) is 30.4 Å². The second-order valence-corrected chi connectivity index (χ2v) is 8.18. The highest BCUT2D eigenvalue weighted by molar-refractivity contribution is 9.10. The summed E-state index contributed by atoms with van der Waals surface area (Å²) in [6.45, 7) is 10.9. The van der Waals surface area contributed by atoms with Gasteiger partial charge in [0.1, 0.15) is 11.4 Å². The van der Waals surface area contributed by atoms with Crippen molar-refractivity contribution < 1.29 is 19.1 Å². The summed E-state index contributed by atoms with van der Waals surface area (Å²) in [6, 6.07) is 6.91. The highest BCUT2D eigenvalue weighted by Crippen LogP contribution is 2.29. The van der Waals surface area contributed by atoms with Crippen molar-refractivity contribution in [2.75, 3.05) is 17.7 Å². The molecule has 1 aromatic heterocycles. The van der Waals surface area contributed by atoms with E-state index in [-0.39, 0.29) is 5.57 Å². The first-order valence-corrected chi connectivity index (χ1v) is 9.60. The lowest BCUT2D eigenvalue weighted by Gasteiger charge is -2.20. The number of nitrogens with one attached hydrogen (secondary N) is 2. The van der Waals surface area contributed by atoms with Crippen molar-refractivity contribution in [1.82, 2.24) is 4.98 Å². The number of aromatic nitrogens is 1. The molecule has 154 valence electrons. The Morgan fingerprint density at radius 3 is 2.48 bits per heavy atom. The summed E-state index contributed by atoms with van der Waals surface area (Å²) in [7, 11) is 1.52. The molecule has 0 aliphatic rings. The molecule has 7 nitrogen and oxygen atoms in total. The Labute approximate surface area is 178 Å². The van der Waals surface area contributed by atoms with Gasteiger partial charge in [0.15, 0.2) is 0 Å². The largest absolute Gasteiger partial charge is 0.496 e. The fraction of sp³-hybridized carbons (Fsp3) is 0.286. The predicted molar refractivity (Wildman–Crippen MR) is 117 cm³/mol. The number of carbonyl (C=O) groups is 2. The lowest BCUT2D eigenvalue weighted by Crippen LogP contribution is -2.27. The molecule has 8 heteroatoms. The molecule has 0 aliphatic heterocycles. The molecule has 0 bridgehead atoms. The first-order chi connectivity index (χ1) is 13.5. The second kappa shape index (κ2) is 9.09. The summed E-state index contributed by atoms with van der Waals surface area (Å²) < 4.78 is 11.4. The van der Waals surface area contributed by atoms with Gasteiger partial charge in [0.25, 0.3) is 5.91 Å². The van der Waals surface area contributed by atoms with Gasteiger partial charge < -0.3 is 14.8 Å². The van der Waals surface area contributed by atoms with Crippen molar-refractivity contribution in [2.45, 2.75) is 33.3 Å². The van der Waals surface area contributed by atoms with Crippen LogP contribution in [-0.4, -0.2) is 29.7 Å². The van der Waals surface area contributed by atoms with E-state index in [2.05, 4.69) is 38.1 Å². The number of nitrogens with zero attached hydrogens (tertiary/aromatic N) is 1. The van der Waals surface area contributed by atoms with E-state index in [1.54, 1.807) is 52.0 Å². The van der Waals surface area contributed by atoms with Gasteiger partial charge in [-0.1, -0.05) is 22.5 Å². The van der Waals surface area contributed by atoms with Crippen LogP contribution in [0.15, 0.2) is 41.5 Å². The number of hydrogen-bond acceptors (Lipinski definition) is 5. The normalized spacial score (nSPS) is 10.8. The first-order valence-electron chi connectivity index (χ1n) is 8.81. The number of anilines is 2. The van der Waals surface area contributed by atoms with Crippen LogP contribution in [-0.2, 0) is 9.53 Å². The van der Waals surface area contributed by atoms with Gasteiger partial charge in [0, 0.05) is 15.6 Å². The van der Waals surface area contributed by atoms with Crippen molar-refractivity contribution in [3.05, 3.63) is 52.8 Å². The van der Waals surface area contributed by atoms with Gasteiger partial charge in [-0.3, -0.25) is 15.1 Å². The van der Waals surface area contributed by atoms with Gasteiger partial charge in [0.2, 0.25) is 0 Å². The Morgan fingerprint density at radius 2 is 1.86 bits per heavy atom. The van der Waals surface area contributed by atoms with Crippen LogP contribution in [0, 0.1) is 6.92 Å². The fourth-order valence-electron chi connectivity index (χ4n) is 2.38. The van der Waals surface area contributed by atoms with Crippen LogP contribution in [0.25, 0.3) is 5.57 Å². The molecule has 0 saturated heterocycles. The van der Waals surface area contributed by atoms with Crippen molar-refractivity contribution in [2.24, 2.45) is 0 Å². The third kappa shape index (κ3) is 6.32. The fourth-order valence-corrected chi connectivity index (χ4v) is 2.72. The van der Waals surface area contributed by atoms with Crippen LogP contribution in [0.4, 0.5) is 16.2 Å². The van der Waals surface area contributed by atoms with Gasteiger partial charge in [-0.2, -0.15) is 0 Å². The highest BCUT2D eigenvalue weighted by Gasteiger charge is 2.18. The molecule has 0 aliphatic carbocycles. The van der Waals surface area contributed by atoms with Gasteiger partial charge in [-0.25, -0.2) is 4.79 Å². The number of hydrogen-bond donors (Lipinski definition) is 2. The molecule has 0 spiro atoms. The molecule has 0 atom stereocenters. The standard InChI is InChI=1S/C21H24BrN3O4/c1-12(16-8-7-14(22)9-18(16)28-6)19(26)25-17-10-15(11-23-13(17)2)24-20(27)29-21(3,4)5/h7-11H,1H2,2-6H3,(H,24,27)(H,25,26). The van der Waals surface area contributed by atoms with Crippen LogP contribution < -0.4 is 15.4 Å². The van der Waals surface area contributed by atoms with Crippen LogP contribution in [0.5, 0.6) is 5.75 Å². The van der Waals surface area contributed by atoms with E-state index in [1.165, 1.54) is 13.3 Å². The number of halogens is 1. The number of rotatable bonds is 5. The van der Waals surface area contributed by atoms with E-state index < -0.39 is 17.6 Å². The second-order valence-electron chi connectivity index (χ2n) is 7.26. The Bertz CT molecular complexity index is 951. The lowest BCUT2D eigenvalue weighted by molar-refractivity contribution is -0.111. The lowest BCUT2D eigenvalue weighted by atomic mass is 10.1. The Morgan fingerprint density at radius 1 is 1.17 bits per heavy atom. The van der Waals surface area contributed by atoms with E-state index in [4.69, 9.17) is 9.47 Å². The first kappa shape index (κ1) is 22.4. The van der Waals surface area contributed by atoms with E-state index in [1.807, 2.05) is 0 Å². The molecule has 1 heterocycles. The van der Waals surface area contributed by atoms with Crippen LogP contribution in [0.3, 0.4) is 0 Å². The number of pyridine rings is 1. The maximum Gasteiger partial charge on any atom is 0.412 e. The van der Waals surface area contributed by atoms with E-state index >= 15 is 0 Å². The predicted octanol–water partition coefficient (Wildman–Crippen LogP) is 5.16. The molecule has 2 amide bonds. The highest BCUT2D eigenvalue weighted by atomic mass is 79.9. The number of benzene rings is 1. The van der Waals surface area contributed by atoms with Crippen molar-refractivity contribution in [3.8, 4) is 5.75 Å². The molecule has 0 unspecified atom stereocenters. The topological polar surface area (TPSA) is 89.6 Å². The van der Waals surface area contributed by atoms with Crippen LogP contribution in [0.1, 0.15) is 32.0 Å². The average molecular weight is 462 g/mol. The molecule has 0 saturated carbocycles.